The quantitative estimate of drug-likeness (QED) is 0.862. The second kappa shape index (κ2) is 5.59. The van der Waals surface area contributed by atoms with Crippen LogP contribution in [0, 0.1) is 0 Å². The molecule has 0 amide bonds. The van der Waals surface area contributed by atoms with Gasteiger partial charge in [0, 0.05) is 18.8 Å². The van der Waals surface area contributed by atoms with Crippen molar-refractivity contribution in [1.82, 2.24) is 9.55 Å². The van der Waals surface area contributed by atoms with Crippen molar-refractivity contribution in [2.24, 2.45) is 0 Å². The third-order valence-corrected chi connectivity index (χ3v) is 5.85. The Bertz CT molecular complexity index is 799. The van der Waals surface area contributed by atoms with Gasteiger partial charge in [-0.15, -0.1) is 0 Å². The fourth-order valence-corrected chi connectivity index (χ4v) is 4.49. The molecule has 1 aliphatic rings. The van der Waals surface area contributed by atoms with E-state index in [9.17, 15) is 8.42 Å². The maximum absolute atomic E-state index is 12.9. The highest BCUT2D eigenvalue weighted by atomic mass is 35.5. The number of halogens is 1. The van der Waals surface area contributed by atoms with Gasteiger partial charge in [-0.05, 0) is 38.3 Å². The summed E-state index contributed by atoms with van der Waals surface area (Å²) in [7, 11) is -3.69. The lowest BCUT2D eigenvalue weighted by molar-refractivity contribution is 0.581. The highest BCUT2D eigenvalue weighted by Crippen LogP contribution is 2.37. The minimum Gasteiger partial charge on any atom is -0.334 e. The van der Waals surface area contributed by atoms with Gasteiger partial charge in [0.05, 0.1) is 17.0 Å². The van der Waals surface area contributed by atoms with E-state index >= 15 is 0 Å². The predicted molar refractivity (Wildman–Crippen MR) is 86.9 cm³/mol. The number of hydrogen-bond acceptors (Lipinski definition) is 3. The molecule has 0 atom stereocenters. The standard InChI is InChI=1S/C15H18ClN3O2S/c1-11(2)18-9-14(17-10-18)22(20,21)19-8-4-6-12-5-3-7-13(16)15(12)19/h3,5,7,9-11H,4,6,8H2,1-2H3. The zero-order chi connectivity index (χ0) is 15.9. The minimum atomic E-state index is -3.69. The summed E-state index contributed by atoms with van der Waals surface area (Å²) >= 11 is 6.25. The Hall–Kier alpha value is -1.53. The molecule has 0 bridgehead atoms. The summed E-state index contributed by atoms with van der Waals surface area (Å²) in [4.78, 5) is 4.08. The van der Waals surface area contributed by atoms with Gasteiger partial charge in [-0.3, -0.25) is 4.31 Å². The number of rotatable bonds is 3. The summed E-state index contributed by atoms with van der Waals surface area (Å²) < 4.78 is 29.0. The van der Waals surface area contributed by atoms with E-state index in [2.05, 4.69) is 4.98 Å². The summed E-state index contributed by atoms with van der Waals surface area (Å²) in [5, 5.41) is 0.526. The molecular formula is C15H18ClN3O2S. The molecule has 7 heteroatoms. The average molecular weight is 340 g/mol. The molecule has 2 aromatic rings. The van der Waals surface area contributed by atoms with Crippen LogP contribution < -0.4 is 4.31 Å². The minimum absolute atomic E-state index is 0.0639. The first-order chi connectivity index (χ1) is 10.4. The first kappa shape index (κ1) is 15.4. The number of fused-ring (bicyclic) bond motifs is 1. The molecule has 0 aliphatic carbocycles. The topological polar surface area (TPSA) is 55.2 Å². The Morgan fingerprint density at radius 1 is 1.32 bits per heavy atom. The number of para-hydroxylation sites is 1. The second-order valence-electron chi connectivity index (χ2n) is 5.68. The first-order valence-electron chi connectivity index (χ1n) is 7.25. The van der Waals surface area contributed by atoms with E-state index in [4.69, 9.17) is 11.6 Å². The Balaban J connectivity index is 2.07. The molecule has 0 radical (unpaired) electrons. The lowest BCUT2D eigenvalue weighted by Crippen LogP contribution is -2.36. The van der Waals surface area contributed by atoms with E-state index in [1.165, 1.54) is 4.31 Å². The van der Waals surface area contributed by atoms with Crippen molar-refractivity contribution in [3.8, 4) is 0 Å². The van der Waals surface area contributed by atoms with Gasteiger partial charge in [-0.1, -0.05) is 23.7 Å². The number of aromatic nitrogens is 2. The monoisotopic (exact) mass is 339 g/mol. The molecule has 118 valence electrons. The lowest BCUT2D eigenvalue weighted by Gasteiger charge is -2.30. The molecule has 0 saturated carbocycles. The molecule has 0 unspecified atom stereocenters. The number of benzene rings is 1. The smallest absolute Gasteiger partial charge is 0.283 e. The van der Waals surface area contributed by atoms with Crippen molar-refractivity contribution in [3.05, 3.63) is 41.3 Å². The molecule has 1 aromatic heterocycles. The van der Waals surface area contributed by atoms with Crippen LogP contribution in [-0.2, 0) is 16.4 Å². The molecule has 2 heterocycles. The van der Waals surface area contributed by atoms with Gasteiger partial charge >= 0.3 is 0 Å². The Kier molecular flexibility index (Phi) is 3.91. The van der Waals surface area contributed by atoms with E-state index in [0.717, 1.165) is 18.4 Å². The summed E-state index contributed by atoms with van der Waals surface area (Å²) in [6.07, 6.45) is 4.74. The molecule has 0 saturated heterocycles. The molecule has 1 aromatic carbocycles. The van der Waals surface area contributed by atoms with Crippen molar-refractivity contribution < 1.29 is 8.42 Å². The van der Waals surface area contributed by atoms with Crippen LogP contribution in [0.1, 0.15) is 31.9 Å². The van der Waals surface area contributed by atoms with Crippen LogP contribution in [-0.4, -0.2) is 24.5 Å². The van der Waals surface area contributed by atoms with Gasteiger partial charge in [-0.2, -0.15) is 8.42 Å². The predicted octanol–water partition coefficient (Wildman–Crippen LogP) is 3.26. The molecular weight excluding hydrogens is 322 g/mol. The van der Waals surface area contributed by atoms with E-state index in [1.54, 1.807) is 23.2 Å². The molecule has 1 aliphatic heterocycles. The number of aryl methyl sites for hydroxylation is 1. The highest BCUT2D eigenvalue weighted by molar-refractivity contribution is 7.92. The van der Waals surface area contributed by atoms with E-state index in [0.29, 0.717) is 17.3 Å². The van der Waals surface area contributed by atoms with E-state index in [1.807, 2.05) is 26.0 Å². The van der Waals surface area contributed by atoms with E-state index in [-0.39, 0.29) is 11.1 Å². The number of anilines is 1. The van der Waals surface area contributed by atoms with Crippen molar-refractivity contribution in [2.45, 2.75) is 37.8 Å². The average Bonchev–Trinajstić information content (AvgIpc) is 2.98. The molecule has 0 fully saturated rings. The molecule has 3 rings (SSSR count). The van der Waals surface area contributed by atoms with Crippen LogP contribution in [0.15, 0.2) is 35.7 Å². The van der Waals surface area contributed by atoms with Crippen LogP contribution in [0.2, 0.25) is 5.02 Å². The highest BCUT2D eigenvalue weighted by Gasteiger charge is 2.32. The fraction of sp³-hybridized carbons (Fsp3) is 0.400. The zero-order valence-electron chi connectivity index (χ0n) is 12.5. The zero-order valence-corrected chi connectivity index (χ0v) is 14.1. The maximum atomic E-state index is 12.9. The van der Waals surface area contributed by atoms with E-state index < -0.39 is 10.0 Å². The van der Waals surface area contributed by atoms with Crippen molar-refractivity contribution in [1.29, 1.82) is 0 Å². The summed E-state index contributed by atoms with van der Waals surface area (Å²) in [5.41, 5.74) is 1.56. The van der Waals surface area contributed by atoms with Crippen molar-refractivity contribution in [2.75, 3.05) is 10.8 Å². The van der Waals surface area contributed by atoms with Crippen LogP contribution in [0.25, 0.3) is 0 Å². The van der Waals surface area contributed by atoms with Crippen LogP contribution in [0.5, 0.6) is 0 Å². The SMILES string of the molecule is CC(C)n1cnc(S(=O)(=O)N2CCCc3cccc(Cl)c32)c1. The fourth-order valence-electron chi connectivity index (χ4n) is 2.65. The van der Waals surface area contributed by atoms with Crippen molar-refractivity contribution in [3.63, 3.8) is 0 Å². The number of sulfonamides is 1. The largest absolute Gasteiger partial charge is 0.334 e. The Morgan fingerprint density at radius 2 is 2.09 bits per heavy atom. The third kappa shape index (κ3) is 2.50. The lowest BCUT2D eigenvalue weighted by atomic mass is 10.0. The molecule has 5 nitrogen and oxygen atoms in total. The van der Waals surface area contributed by atoms with Gasteiger partial charge in [-0.25, -0.2) is 4.98 Å². The third-order valence-electron chi connectivity index (χ3n) is 3.86. The Labute approximate surface area is 135 Å². The van der Waals surface area contributed by atoms with Crippen molar-refractivity contribution >= 4 is 27.3 Å². The first-order valence-corrected chi connectivity index (χ1v) is 9.06. The van der Waals surface area contributed by atoms with Crippen LogP contribution >= 0.6 is 11.6 Å². The number of hydrogen-bond donors (Lipinski definition) is 0. The Morgan fingerprint density at radius 3 is 2.77 bits per heavy atom. The molecule has 0 spiro atoms. The van der Waals surface area contributed by atoms with Crippen LogP contribution in [0.3, 0.4) is 0 Å². The van der Waals surface area contributed by atoms with Gasteiger partial charge < -0.3 is 4.57 Å². The summed E-state index contributed by atoms with van der Waals surface area (Å²) in [6, 6.07) is 5.66. The van der Waals surface area contributed by atoms with Gasteiger partial charge in [0.25, 0.3) is 10.0 Å². The van der Waals surface area contributed by atoms with Gasteiger partial charge in [0.2, 0.25) is 0 Å². The summed E-state index contributed by atoms with van der Waals surface area (Å²) in [5.74, 6) is 0. The second-order valence-corrected chi connectivity index (χ2v) is 7.90. The van der Waals surface area contributed by atoms with Gasteiger partial charge in [0.1, 0.15) is 0 Å². The number of imidazole rings is 1. The van der Waals surface area contributed by atoms with Crippen LogP contribution in [0.4, 0.5) is 5.69 Å². The maximum Gasteiger partial charge on any atom is 0.283 e. The summed E-state index contributed by atoms with van der Waals surface area (Å²) in [6.45, 7) is 4.38. The normalized spacial score (nSPS) is 15.2. The molecule has 0 N–H and O–H groups in total. The molecule has 22 heavy (non-hydrogen) atoms. The van der Waals surface area contributed by atoms with Gasteiger partial charge in [0.15, 0.2) is 5.03 Å². The number of nitrogens with zero attached hydrogens (tertiary/aromatic N) is 3.